The fourth-order valence-electron chi connectivity index (χ4n) is 4.40. The Balaban J connectivity index is 1.16. The number of nitrogens with zero attached hydrogens (tertiary/aromatic N) is 1. The molecule has 0 spiro atoms. The Morgan fingerprint density at radius 3 is 2.31 bits per heavy atom. The fourth-order valence-corrected chi connectivity index (χ4v) is 4.40. The van der Waals surface area contributed by atoms with E-state index < -0.39 is 6.04 Å². The molecule has 0 saturated heterocycles. The van der Waals surface area contributed by atoms with E-state index in [9.17, 15) is 14.4 Å². The van der Waals surface area contributed by atoms with Crippen molar-refractivity contribution in [3.05, 3.63) is 101 Å². The largest absolute Gasteiger partial charge is 0.489 e. The van der Waals surface area contributed by atoms with Crippen LogP contribution < -0.4 is 15.4 Å². The second kappa shape index (κ2) is 10.0. The van der Waals surface area contributed by atoms with E-state index in [1.54, 1.807) is 17.0 Å². The first-order valence-electron chi connectivity index (χ1n) is 11.8. The summed E-state index contributed by atoms with van der Waals surface area (Å²) >= 11 is 0. The number of carbonyl (C=O) groups excluding carboxylic acids is 3. The lowest BCUT2D eigenvalue weighted by atomic mass is 10.0. The summed E-state index contributed by atoms with van der Waals surface area (Å²) < 4.78 is 5.85. The van der Waals surface area contributed by atoms with Gasteiger partial charge in [0, 0.05) is 18.2 Å². The Bertz CT molecular complexity index is 1240. The summed E-state index contributed by atoms with van der Waals surface area (Å²) in [5.41, 5.74) is 3.19. The lowest BCUT2D eigenvalue weighted by Crippen LogP contribution is -2.43. The standard InChI is InChI=1S/C28H27N3O4/c32-25(29-16-19-8-4-5-9-20(19)18-35-22-10-2-1-3-11-22)17-30-27(33)26-23-12-6-7-13-24(23)28(34)31(26)21-14-15-21/h1-13,21,26H,14-18H2,(H,29,32)(H,30,33)/t26-/m1/s1. The molecule has 1 atom stereocenters. The van der Waals surface area contributed by atoms with Crippen LogP contribution in [-0.4, -0.2) is 35.2 Å². The highest BCUT2D eigenvalue weighted by Gasteiger charge is 2.47. The molecule has 5 rings (SSSR count). The van der Waals surface area contributed by atoms with Crippen LogP contribution in [0.15, 0.2) is 78.9 Å². The van der Waals surface area contributed by atoms with Crippen molar-refractivity contribution in [2.24, 2.45) is 0 Å². The van der Waals surface area contributed by atoms with Gasteiger partial charge in [0.15, 0.2) is 0 Å². The molecule has 7 nitrogen and oxygen atoms in total. The van der Waals surface area contributed by atoms with Crippen molar-refractivity contribution in [2.45, 2.75) is 38.1 Å². The Kier molecular flexibility index (Phi) is 6.48. The number of ether oxygens (including phenoxy) is 1. The zero-order chi connectivity index (χ0) is 24.2. The highest BCUT2D eigenvalue weighted by Crippen LogP contribution is 2.41. The summed E-state index contributed by atoms with van der Waals surface area (Å²) in [4.78, 5) is 40.1. The van der Waals surface area contributed by atoms with Gasteiger partial charge < -0.3 is 20.3 Å². The molecule has 0 bridgehead atoms. The number of nitrogens with one attached hydrogen (secondary N) is 2. The third-order valence-electron chi connectivity index (χ3n) is 6.34. The molecular formula is C28H27N3O4. The summed E-state index contributed by atoms with van der Waals surface area (Å²) in [6.45, 7) is 0.549. The van der Waals surface area contributed by atoms with E-state index in [-0.39, 0.29) is 30.3 Å². The second-order valence-electron chi connectivity index (χ2n) is 8.80. The van der Waals surface area contributed by atoms with Gasteiger partial charge in [-0.3, -0.25) is 14.4 Å². The number of carbonyl (C=O) groups is 3. The molecule has 2 aliphatic rings. The molecule has 1 aliphatic carbocycles. The monoisotopic (exact) mass is 469 g/mol. The smallest absolute Gasteiger partial charge is 0.255 e. The maximum atomic E-state index is 13.0. The molecule has 1 heterocycles. The molecule has 7 heteroatoms. The summed E-state index contributed by atoms with van der Waals surface area (Å²) in [6.07, 6.45) is 1.80. The maximum Gasteiger partial charge on any atom is 0.255 e. The number of hydrogen-bond acceptors (Lipinski definition) is 4. The summed E-state index contributed by atoms with van der Waals surface area (Å²) in [7, 11) is 0. The highest BCUT2D eigenvalue weighted by atomic mass is 16.5. The Morgan fingerprint density at radius 1 is 0.857 bits per heavy atom. The van der Waals surface area contributed by atoms with Crippen LogP contribution in [0.25, 0.3) is 0 Å². The van der Waals surface area contributed by atoms with E-state index in [1.165, 1.54) is 0 Å². The van der Waals surface area contributed by atoms with E-state index in [2.05, 4.69) is 10.6 Å². The number of benzene rings is 3. The van der Waals surface area contributed by atoms with Crippen LogP contribution in [0.4, 0.5) is 0 Å². The van der Waals surface area contributed by atoms with Crippen LogP contribution in [0.2, 0.25) is 0 Å². The van der Waals surface area contributed by atoms with E-state index in [4.69, 9.17) is 4.74 Å². The van der Waals surface area contributed by atoms with Gasteiger partial charge in [0.05, 0.1) is 6.54 Å². The van der Waals surface area contributed by atoms with E-state index in [0.717, 1.165) is 29.7 Å². The van der Waals surface area contributed by atoms with Gasteiger partial charge >= 0.3 is 0 Å². The van der Waals surface area contributed by atoms with Gasteiger partial charge in [0.25, 0.3) is 5.91 Å². The van der Waals surface area contributed by atoms with Crippen LogP contribution in [0.1, 0.15) is 45.9 Å². The van der Waals surface area contributed by atoms with Crippen molar-refractivity contribution in [1.29, 1.82) is 0 Å². The van der Waals surface area contributed by atoms with Crippen LogP contribution >= 0.6 is 0 Å². The van der Waals surface area contributed by atoms with Gasteiger partial charge in [-0.1, -0.05) is 60.7 Å². The molecule has 3 aromatic carbocycles. The van der Waals surface area contributed by atoms with Crippen molar-refractivity contribution in [3.63, 3.8) is 0 Å². The normalized spacial score (nSPS) is 16.5. The number of rotatable bonds is 9. The minimum Gasteiger partial charge on any atom is -0.489 e. The van der Waals surface area contributed by atoms with Crippen molar-refractivity contribution < 1.29 is 19.1 Å². The van der Waals surface area contributed by atoms with E-state index >= 15 is 0 Å². The molecule has 0 radical (unpaired) electrons. The SMILES string of the molecule is O=C(CNC(=O)[C@H]1c2ccccc2C(=O)N1C1CC1)NCc1ccccc1COc1ccccc1. The predicted octanol–water partition coefficient (Wildman–Crippen LogP) is 3.36. The van der Waals surface area contributed by atoms with E-state index in [1.807, 2.05) is 66.7 Å². The molecular weight excluding hydrogens is 442 g/mol. The third kappa shape index (κ3) is 5.04. The molecule has 0 aromatic heterocycles. The molecule has 35 heavy (non-hydrogen) atoms. The van der Waals surface area contributed by atoms with Crippen molar-refractivity contribution in [1.82, 2.24) is 15.5 Å². The molecule has 178 valence electrons. The Morgan fingerprint density at radius 2 is 1.54 bits per heavy atom. The van der Waals surface area contributed by atoms with Gasteiger partial charge in [0.1, 0.15) is 18.4 Å². The van der Waals surface area contributed by atoms with Gasteiger partial charge in [-0.05, 0) is 47.7 Å². The van der Waals surface area contributed by atoms with Crippen LogP contribution in [-0.2, 0) is 22.7 Å². The minimum absolute atomic E-state index is 0.0917. The summed E-state index contributed by atoms with van der Waals surface area (Å²) in [5.74, 6) is 0.0398. The van der Waals surface area contributed by atoms with Gasteiger partial charge in [-0.2, -0.15) is 0 Å². The number of para-hydroxylation sites is 1. The average molecular weight is 470 g/mol. The topological polar surface area (TPSA) is 87.7 Å². The lowest BCUT2D eigenvalue weighted by molar-refractivity contribution is -0.129. The molecule has 2 N–H and O–H groups in total. The summed E-state index contributed by atoms with van der Waals surface area (Å²) in [6, 6.07) is 23.9. The first-order chi connectivity index (χ1) is 17.1. The number of hydrogen-bond donors (Lipinski definition) is 2. The predicted molar refractivity (Wildman–Crippen MR) is 130 cm³/mol. The van der Waals surface area contributed by atoms with Crippen molar-refractivity contribution >= 4 is 17.7 Å². The zero-order valence-corrected chi connectivity index (χ0v) is 19.3. The van der Waals surface area contributed by atoms with Gasteiger partial charge in [0.2, 0.25) is 11.8 Å². The van der Waals surface area contributed by atoms with Gasteiger partial charge in [-0.15, -0.1) is 0 Å². The minimum atomic E-state index is -0.685. The molecule has 0 unspecified atom stereocenters. The molecule has 1 aliphatic heterocycles. The highest BCUT2D eigenvalue weighted by molar-refractivity contribution is 6.05. The van der Waals surface area contributed by atoms with E-state index in [0.29, 0.717) is 24.3 Å². The van der Waals surface area contributed by atoms with Crippen LogP contribution in [0.5, 0.6) is 5.75 Å². The van der Waals surface area contributed by atoms with Crippen LogP contribution in [0, 0.1) is 0 Å². The molecule has 1 saturated carbocycles. The first kappa shape index (κ1) is 22.7. The zero-order valence-electron chi connectivity index (χ0n) is 19.3. The lowest BCUT2D eigenvalue weighted by Gasteiger charge is -2.24. The fraction of sp³-hybridized carbons (Fsp3) is 0.250. The maximum absolute atomic E-state index is 13.0. The quantitative estimate of drug-likeness (QED) is 0.503. The Hall–Kier alpha value is -4.13. The molecule has 1 fully saturated rings. The summed E-state index contributed by atoms with van der Waals surface area (Å²) in [5, 5.41) is 5.59. The average Bonchev–Trinajstić information content (AvgIpc) is 3.69. The van der Waals surface area contributed by atoms with Crippen molar-refractivity contribution in [3.8, 4) is 5.75 Å². The number of amides is 3. The van der Waals surface area contributed by atoms with Crippen LogP contribution in [0.3, 0.4) is 0 Å². The molecule has 3 aromatic rings. The van der Waals surface area contributed by atoms with Gasteiger partial charge in [-0.25, -0.2) is 0 Å². The first-order valence-corrected chi connectivity index (χ1v) is 11.8. The molecule has 3 amide bonds. The van der Waals surface area contributed by atoms with Crippen molar-refractivity contribution in [2.75, 3.05) is 6.54 Å². The third-order valence-corrected chi connectivity index (χ3v) is 6.34. The number of fused-ring (bicyclic) bond motifs is 1. The Labute approximate surface area is 204 Å². The second-order valence-corrected chi connectivity index (χ2v) is 8.80.